The van der Waals surface area contributed by atoms with Crippen LogP contribution in [-0.4, -0.2) is 71.6 Å². The molecule has 1 fully saturated rings. The zero-order valence-electron chi connectivity index (χ0n) is 15.2. The number of carbonyl (C=O) groups excluding carboxylic acids is 2. The van der Waals surface area contributed by atoms with Crippen molar-refractivity contribution in [1.82, 2.24) is 20.0 Å². The number of hydrogen-bond donors (Lipinski definition) is 3. The molecule has 0 aliphatic carbocycles. The molecule has 1 aliphatic rings. The fourth-order valence-corrected chi connectivity index (χ4v) is 2.82. The number of rotatable bonds is 6. The van der Waals surface area contributed by atoms with Gasteiger partial charge in [-0.05, 0) is 31.3 Å². The SMILES string of the molecule is CN1CCN(CCC(=O)Nc2cn[nH]c2C(=O)Nc2ccc(F)cc2)CC1. The maximum absolute atomic E-state index is 12.9. The van der Waals surface area contributed by atoms with Gasteiger partial charge in [-0.15, -0.1) is 0 Å². The summed E-state index contributed by atoms with van der Waals surface area (Å²) in [5.41, 5.74) is 0.911. The third kappa shape index (κ3) is 5.35. The van der Waals surface area contributed by atoms with Gasteiger partial charge in [0.15, 0.2) is 0 Å². The summed E-state index contributed by atoms with van der Waals surface area (Å²) in [6, 6.07) is 5.42. The monoisotopic (exact) mass is 374 g/mol. The molecule has 3 rings (SSSR count). The van der Waals surface area contributed by atoms with Crippen molar-refractivity contribution < 1.29 is 14.0 Å². The molecule has 1 aliphatic heterocycles. The molecule has 1 aromatic heterocycles. The Balaban J connectivity index is 1.52. The van der Waals surface area contributed by atoms with E-state index in [1.807, 2.05) is 0 Å². The molecule has 2 aromatic rings. The molecule has 0 bridgehead atoms. The molecule has 0 unspecified atom stereocenters. The minimum atomic E-state index is -0.464. The van der Waals surface area contributed by atoms with Crippen LogP contribution in [0.4, 0.5) is 15.8 Å². The van der Waals surface area contributed by atoms with Crippen LogP contribution in [0.3, 0.4) is 0 Å². The number of halogens is 1. The molecule has 8 nitrogen and oxygen atoms in total. The van der Waals surface area contributed by atoms with Crippen molar-refractivity contribution in [1.29, 1.82) is 0 Å². The third-order valence-corrected chi connectivity index (χ3v) is 4.49. The molecule has 3 N–H and O–H groups in total. The summed E-state index contributed by atoms with van der Waals surface area (Å²) >= 11 is 0. The quantitative estimate of drug-likeness (QED) is 0.710. The van der Waals surface area contributed by atoms with E-state index in [0.29, 0.717) is 24.3 Å². The molecule has 2 heterocycles. The van der Waals surface area contributed by atoms with E-state index in [4.69, 9.17) is 0 Å². The van der Waals surface area contributed by atoms with E-state index in [1.54, 1.807) is 0 Å². The Bertz CT molecular complexity index is 783. The first-order valence-electron chi connectivity index (χ1n) is 8.82. The zero-order valence-corrected chi connectivity index (χ0v) is 15.2. The van der Waals surface area contributed by atoms with Gasteiger partial charge in [0, 0.05) is 44.8 Å². The fourth-order valence-electron chi connectivity index (χ4n) is 2.82. The van der Waals surface area contributed by atoms with Gasteiger partial charge in [-0.3, -0.25) is 14.7 Å². The van der Waals surface area contributed by atoms with E-state index >= 15 is 0 Å². The molecule has 1 saturated heterocycles. The second-order valence-corrected chi connectivity index (χ2v) is 6.56. The number of piperazine rings is 1. The summed E-state index contributed by atoms with van der Waals surface area (Å²) in [6.45, 7) is 4.56. The molecule has 144 valence electrons. The standard InChI is InChI=1S/C18H23FN6O2/c1-24-8-10-25(11-9-24)7-6-16(26)22-15-12-20-23-17(15)18(27)21-14-4-2-13(19)3-5-14/h2-5,12H,6-11H2,1H3,(H,20,23)(H,21,27)(H,22,26). The van der Waals surface area contributed by atoms with Crippen molar-refractivity contribution in [3.05, 3.63) is 42.0 Å². The van der Waals surface area contributed by atoms with Crippen molar-refractivity contribution in [2.75, 3.05) is 50.4 Å². The van der Waals surface area contributed by atoms with E-state index < -0.39 is 5.91 Å². The number of hydrogen-bond acceptors (Lipinski definition) is 5. The Labute approximate surface area is 156 Å². The highest BCUT2D eigenvalue weighted by Gasteiger charge is 2.18. The van der Waals surface area contributed by atoms with Crippen LogP contribution >= 0.6 is 0 Å². The van der Waals surface area contributed by atoms with Crippen molar-refractivity contribution in [3.63, 3.8) is 0 Å². The van der Waals surface area contributed by atoms with Gasteiger partial charge in [-0.1, -0.05) is 0 Å². The van der Waals surface area contributed by atoms with Gasteiger partial charge in [-0.2, -0.15) is 5.10 Å². The number of nitrogens with one attached hydrogen (secondary N) is 3. The number of nitrogens with zero attached hydrogens (tertiary/aromatic N) is 3. The topological polar surface area (TPSA) is 93.4 Å². The van der Waals surface area contributed by atoms with Gasteiger partial charge in [0.25, 0.3) is 5.91 Å². The largest absolute Gasteiger partial charge is 0.323 e. The first-order chi connectivity index (χ1) is 13.0. The number of aromatic amines is 1. The molecule has 2 amide bonds. The Morgan fingerprint density at radius 2 is 1.85 bits per heavy atom. The average molecular weight is 374 g/mol. The van der Waals surface area contributed by atoms with E-state index in [0.717, 1.165) is 26.2 Å². The van der Waals surface area contributed by atoms with Crippen LogP contribution in [0.1, 0.15) is 16.9 Å². The second kappa shape index (κ2) is 8.74. The Hall–Kier alpha value is -2.78. The lowest BCUT2D eigenvalue weighted by molar-refractivity contribution is -0.116. The molecular weight excluding hydrogens is 351 g/mol. The maximum atomic E-state index is 12.9. The number of likely N-dealkylation sites (N-methyl/N-ethyl adjacent to an activating group) is 1. The number of benzene rings is 1. The van der Waals surface area contributed by atoms with Crippen LogP contribution in [0.2, 0.25) is 0 Å². The molecule has 0 saturated carbocycles. The summed E-state index contributed by atoms with van der Waals surface area (Å²) in [4.78, 5) is 29.1. The van der Waals surface area contributed by atoms with Crippen molar-refractivity contribution >= 4 is 23.2 Å². The average Bonchev–Trinajstić information content (AvgIpc) is 3.11. The lowest BCUT2D eigenvalue weighted by Gasteiger charge is -2.32. The molecule has 0 atom stereocenters. The lowest BCUT2D eigenvalue weighted by atomic mass is 10.2. The van der Waals surface area contributed by atoms with Gasteiger partial charge in [0.05, 0.1) is 11.9 Å². The number of amides is 2. The molecule has 27 heavy (non-hydrogen) atoms. The van der Waals surface area contributed by atoms with Crippen LogP contribution in [-0.2, 0) is 4.79 Å². The fraction of sp³-hybridized carbons (Fsp3) is 0.389. The van der Waals surface area contributed by atoms with Gasteiger partial charge in [-0.25, -0.2) is 4.39 Å². The summed E-state index contributed by atoms with van der Waals surface area (Å²) in [5, 5.41) is 11.8. The van der Waals surface area contributed by atoms with E-state index in [9.17, 15) is 14.0 Å². The number of anilines is 2. The Morgan fingerprint density at radius 3 is 2.56 bits per heavy atom. The van der Waals surface area contributed by atoms with Crippen LogP contribution < -0.4 is 10.6 Å². The molecule has 9 heteroatoms. The summed E-state index contributed by atoms with van der Waals surface area (Å²) in [7, 11) is 2.08. The Morgan fingerprint density at radius 1 is 1.15 bits per heavy atom. The molecule has 0 spiro atoms. The van der Waals surface area contributed by atoms with Crippen molar-refractivity contribution in [2.24, 2.45) is 0 Å². The first-order valence-corrected chi connectivity index (χ1v) is 8.82. The predicted octanol–water partition coefficient (Wildman–Crippen LogP) is 1.38. The van der Waals surface area contributed by atoms with Crippen LogP contribution in [0.5, 0.6) is 0 Å². The van der Waals surface area contributed by atoms with E-state index in [-0.39, 0.29) is 17.4 Å². The van der Waals surface area contributed by atoms with Crippen LogP contribution in [0.15, 0.2) is 30.5 Å². The van der Waals surface area contributed by atoms with Crippen LogP contribution in [0, 0.1) is 5.82 Å². The second-order valence-electron chi connectivity index (χ2n) is 6.56. The first kappa shape index (κ1) is 19.0. The molecule has 0 radical (unpaired) electrons. The normalized spacial score (nSPS) is 15.5. The molecular formula is C18H23FN6O2. The van der Waals surface area contributed by atoms with Gasteiger partial charge < -0.3 is 20.4 Å². The lowest BCUT2D eigenvalue weighted by Crippen LogP contribution is -2.45. The van der Waals surface area contributed by atoms with Crippen molar-refractivity contribution in [3.8, 4) is 0 Å². The summed E-state index contributed by atoms with van der Waals surface area (Å²) in [6.07, 6.45) is 1.74. The number of H-pyrrole nitrogens is 1. The Kier molecular flexibility index (Phi) is 6.15. The van der Waals surface area contributed by atoms with Crippen LogP contribution in [0.25, 0.3) is 0 Å². The molecule has 1 aromatic carbocycles. The maximum Gasteiger partial charge on any atom is 0.275 e. The number of aromatic nitrogens is 2. The summed E-state index contributed by atoms with van der Waals surface area (Å²) < 4.78 is 12.9. The zero-order chi connectivity index (χ0) is 19.2. The highest BCUT2D eigenvalue weighted by Crippen LogP contribution is 2.15. The van der Waals surface area contributed by atoms with Gasteiger partial charge >= 0.3 is 0 Å². The predicted molar refractivity (Wildman–Crippen MR) is 100 cm³/mol. The highest BCUT2D eigenvalue weighted by molar-refractivity contribution is 6.08. The third-order valence-electron chi connectivity index (χ3n) is 4.49. The smallest absolute Gasteiger partial charge is 0.275 e. The minimum absolute atomic E-state index is 0.146. The van der Waals surface area contributed by atoms with E-state index in [2.05, 4.69) is 37.7 Å². The minimum Gasteiger partial charge on any atom is -0.323 e. The van der Waals surface area contributed by atoms with Crippen molar-refractivity contribution in [2.45, 2.75) is 6.42 Å². The number of carbonyl (C=O) groups is 2. The highest BCUT2D eigenvalue weighted by atomic mass is 19.1. The van der Waals surface area contributed by atoms with Gasteiger partial charge in [0.1, 0.15) is 11.5 Å². The van der Waals surface area contributed by atoms with E-state index in [1.165, 1.54) is 30.5 Å². The van der Waals surface area contributed by atoms with Gasteiger partial charge in [0.2, 0.25) is 5.91 Å². The summed E-state index contributed by atoms with van der Waals surface area (Å²) in [5.74, 6) is -1.03.